The zero-order valence-corrected chi connectivity index (χ0v) is 12.0. The minimum absolute atomic E-state index is 0.00980. The van der Waals surface area contributed by atoms with E-state index in [1.807, 2.05) is 0 Å². The van der Waals surface area contributed by atoms with Crippen molar-refractivity contribution >= 4 is 0 Å². The summed E-state index contributed by atoms with van der Waals surface area (Å²) in [5.74, 6) is -0.615. The first-order valence-corrected chi connectivity index (χ1v) is 6.88. The standard InChI is InChI=1S/C16H8F2N4O2/c17-11-5-1-3-9(7-11)13-19-21-15(23-13)16-22-20-14(24-16)10-4-2-6-12(18)8-10/h1-8H. The van der Waals surface area contributed by atoms with Crippen molar-refractivity contribution in [1.29, 1.82) is 0 Å². The Morgan fingerprint density at radius 3 is 1.42 bits per heavy atom. The van der Waals surface area contributed by atoms with Crippen LogP contribution in [0.4, 0.5) is 8.78 Å². The predicted octanol–water partition coefficient (Wildman–Crippen LogP) is 3.73. The molecule has 0 aliphatic carbocycles. The van der Waals surface area contributed by atoms with E-state index in [2.05, 4.69) is 20.4 Å². The Labute approximate surface area is 133 Å². The summed E-state index contributed by atoms with van der Waals surface area (Å²) in [4.78, 5) is 0. The third kappa shape index (κ3) is 2.65. The summed E-state index contributed by atoms with van der Waals surface area (Å²) in [6.45, 7) is 0. The van der Waals surface area contributed by atoms with Gasteiger partial charge in [0.05, 0.1) is 0 Å². The fourth-order valence-electron chi connectivity index (χ4n) is 2.10. The van der Waals surface area contributed by atoms with Gasteiger partial charge in [-0.15, -0.1) is 20.4 Å². The number of nitrogens with zero attached hydrogens (tertiary/aromatic N) is 4. The molecule has 0 aliphatic rings. The fraction of sp³-hybridized carbons (Fsp3) is 0. The van der Waals surface area contributed by atoms with E-state index < -0.39 is 11.6 Å². The molecule has 0 aliphatic heterocycles. The summed E-state index contributed by atoms with van der Waals surface area (Å²) in [6, 6.07) is 11.5. The monoisotopic (exact) mass is 326 g/mol. The molecule has 2 aromatic carbocycles. The molecular weight excluding hydrogens is 318 g/mol. The summed E-state index contributed by atoms with van der Waals surface area (Å²) >= 11 is 0. The maximum absolute atomic E-state index is 13.2. The van der Waals surface area contributed by atoms with Crippen molar-refractivity contribution in [3.05, 3.63) is 60.2 Å². The Balaban J connectivity index is 1.66. The molecular formula is C16H8F2N4O2. The maximum Gasteiger partial charge on any atom is 0.306 e. The molecule has 0 amide bonds. The van der Waals surface area contributed by atoms with Crippen LogP contribution in [-0.4, -0.2) is 20.4 Å². The summed E-state index contributed by atoms with van der Waals surface area (Å²) in [7, 11) is 0. The van der Waals surface area contributed by atoms with Crippen LogP contribution in [0, 0.1) is 11.6 Å². The summed E-state index contributed by atoms with van der Waals surface area (Å²) in [6.07, 6.45) is 0. The van der Waals surface area contributed by atoms with Gasteiger partial charge in [0.1, 0.15) is 11.6 Å². The fourth-order valence-corrected chi connectivity index (χ4v) is 2.10. The average molecular weight is 326 g/mol. The van der Waals surface area contributed by atoms with Crippen molar-refractivity contribution in [2.24, 2.45) is 0 Å². The zero-order valence-electron chi connectivity index (χ0n) is 12.0. The quantitative estimate of drug-likeness (QED) is 0.571. The molecule has 0 fully saturated rings. The van der Waals surface area contributed by atoms with Crippen molar-refractivity contribution < 1.29 is 17.6 Å². The molecule has 2 heterocycles. The lowest BCUT2D eigenvalue weighted by Crippen LogP contribution is -1.79. The van der Waals surface area contributed by atoms with Crippen molar-refractivity contribution in [1.82, 2.24) is 20.4 Å². The molecule has 0 radical (unpaired) electrons. The molecule has 0 N–H and O–H groups in total. The molecule has 8 heteroatoms. The van der Waals surface area contributed by atoms with E-state index >= 15 is 0 Å². The predicted molar refractivity (Wildman–Crippen MR) is 78.4 cm³/mol. The lowest BCUT2D eigenvalue weighted by molar-refractivity contribution is 0.521. The second-order valence-electron chi connectivity index (χ2n) is 4.85. The molecule has 0 saturated carbocycles. The molecule has 6 nitrogen and oxygen atoms in total. The van der Waals surface area contributed by atoms with Crippen LogP contribution in [0.25, 0.3) is 34.7 Å². The van der Waals surface area contributed by atoms with E-state index in [4.69, 9.17) is 8.83 Å². The highest BCUT2D eigenvalue weighted by Crippen LogP contribution is 2.26. The second-order valence-corrected chi connectivity index (χ2v) is 4.85. The van der Waals surface area contributed by atoms with Crippen LogP contribution in [0.2, 0.25) is 0 Å². The first-order chi connectivity index (χ1) is 11.7. The minimum Gasteiger partial charge on any atom is -0.412 e. The van der Waals surface area contributed by atoms with Gasteiger partial charge in [0.25, 0.3) is 0 Å². The molecule has 0 unspecified atom stereocenters. The van der Waals surface area contributed by atoms with E-state index in [0.717, 1.165) is 0 Å². The van der Waals surface area contributed by atoms with Crippen LogP contribution in [0.3, 0.4) is 0 Å². The third-order valence-electron chi connectivity index (χ3n) is 3.18. The van der Waals surface area contributed by atoms with Gasteiger partial charge in [0, 0.05) is 11.1 Å². The molecule has 0 atom stereocenters. The second kappa shape index (κ2) is 5.65. The van der Waals surface area contributed by atoms with Crippen LogP contribution in [-0.2, 0) is 0 Å². The number of rotatable bonds is 3. The molecule has 2 aromatic heterocycles. The SMILES string of the molecule is Fc1cccc(-c2nnc(-c3nnc(-c4cccc(F)c4)o3)o2)c1. The van der Waals surface area contributed by atoms with Crippen molar-refractivity contribution in [2.45, 2.75) is 0 Å². The van der Waals surface area contributed by atoms with Gasteiger partial charge in [-0.2, -0.15) is 0 Å². The zero-order chi connectivity index (χ0) is 16.5. The smallest absolute Gasteiger partial charge is 0.306 e. The van der Waals surface area contributed by atoms with Crippen LogP contribution in [0.15, 0.2) is 57.4 Å². The van der Waals surface area contributed by atoms with E-state index in [-0.39, 0.29) is 23.6 Å². The molecule has 0 bridgehead atoms. The van der Waals surface area contributed by atoms with Gasteiger partial charge < -0.3 is 8.83 Å². The van der Waals surface area contributed by atoms with Gasteiger partial charge in [-0.3, -0.25) is 0 Å². The highest BCUT2D eigenvalue weighted by Gasteiger charge is 2.18. The number of hydrogen-bond donors (Lipinski definition) is 0. The Bertz CT molecular complexity index is 931. The Hall–Kier alpha value is -3.42. The molecule has 0 spiro atoms. The van der Waals surface area contributed by atoms with Gasteiger partial charge in [0.2, 0.25) is 11.8 Å². The van der Waals surface area contributed by atoms with Crippen LogP contribution in [0.1, 0.15) is 0 Å². The van der Waals surface area contributed by atoms with Crippen molar-refractivity contribution in [2.75, 3.05) is 0 Å². The van der Waals surface area contributed by atoms with E-state index in [9.17, 15) is 8.78 Å². The van der Waals surface area contributed by atoms with E-state index in [0.29, 0.717) is 11.1 Å². The van der Waals surface area contributed by atoms with Gasteiger partial charge in [-0.05, 0) is 36.4 Å². The lowest BCUT2D eigenvalue weighted by Gasteiger charge is -1.94. The summed E-state index contributed by atoms with van der Waals surface area (Å²) in [5.41, 5.74) is 0.859. The molecule has 4 aromatic rings. The minimum atomic E-state index is -0.418. The normalized spacial score (nSPS) is 10.9. The van der Waals surface area contributed by atoms with E-state index in [1.165, 1.54) is 36.4 Å². The molecule has 4 rings (SSSR count). The van der Waals surface area contributed by atoms with Gasteiger partial charge in [-0.25, -0.2) is 8.78 Å². The van der Waals surface area contributed by atoms with E-state index in [1.54, 1.807) is 12.1 Å². The first-order valence-electron chi connectivity index (χ1n) is 6.88. The molecule has 118 valence electrons. The Kier molecular flexibility index (Phi) is 3.34. The summed E-state index contributed by atoms with van der Waals surface area (Å²) < 4.78 is 37.3. The van der Waals surface area contributed by atoms with Crippen molar-refractivity contribution in [3.8, 4) is 34.7 Å². The Morgan fingerprint density at radius 1 is 0.583 bits per heavy atom. The molecule has 0 saturated heterocycles. The topological polar surface area (TPSA) is 77.8 Å². The highest BCUT2D eigenvalue weighted by molar-refractivity contribution is 5.56. The lowest BCUT2D eigenvalue weighted by atomic mass is 10.2. The summed E-state index contributed by atoms with van der Waals surface area (Å²) in [5, 5.41) is 15.3. The Morgan fingerprint density at radius 2 is 1.00 bits per heavy atom. The highest BCUT2D eigenvalue weighted by atomic mass is 19.1. The third-order valence-corrected chi connectivity index (χ3v) is 3.18. The maximum atomic E-state index is 13.2. The number of aromatic nitrogens is 4. The number of halogens is 2. The number of hydrogen-bond acceptors (Lipinski definition) is 6. The molecule has 24 heavy (non-hydrogen) atoms. The first kappa shape index (κ1) is 14.2. The van der Waals surface area contributed by atoms with Crippen molar-refractivity contribution in [3.63, 3.8) is 0 Å². The number of benzene rings is 2. The average Bonchev–Trinajstić information content (AvgIpc) is 3.24. The van der Waals surface area contributed by atoms with Gasteiger partial charge >= 0.3 is 11.8 Å². The van der Waals surface area contributed by atoms with Gasteiger partial charge in [-0.1, -0.05) is 12.1 Å². The van der Waals surface area contributed by atoms with Crippen LogP contribution in [0.5, 0.6) is 0 Å². The van der Waals surface area contributed by atoms with Crippen LogP contribution >= 0.6 is 0 Å². The largest absolute Gasteiger partial charge is 0.412 e. The van der Waals surface area contributed by atoms with Gasteiger partial charge in [0.15, 0.2) is 0 Å². The van der Waals surface area contributed by atoms with Crippen LogP contribution < -0.4 is 0 Å².